The molecule has 1 amide bonds. The molecule has 8 nitrogen and oxygen atoms in total. The number of hydrogen-bond acceptors (Lipinski definition) is 6. The molecule has 4 rings (SSSR count). The molecule has 0 bridgehead atoms. The van der Waals surface area contributed by atoms with Gasteiger partial charge in [-0.2, -0.15) is 5.26 Å². The van der Waals surface area contributed by atoms with E-state index in [1.54, 1.807) is 11.0 Å². The van der Waals surface area contributed by atoms with Gasteiger partial charge in [0.15, 0.2) is 0 Å². The summed E-state index contributed by atoms with van der Waals surface area (Å²) in [4.78, 5) is 15.3. The number of nitrogens with two attached hydrogens (primary N) is 1. The van der Waals surface area contributed by atoms with E-state index >= 15 is 0 Å². The normalized spacial score (nSPS) is 20.3. The third kappa shape index (κ3) is 2.00. The van der Waals surface area contributed by atoms with Gasteiger partial charge in [-0.3, -0.25) is 9.89 Å². The summed E-state index contributed by atoms with van der Waals surface area (Å²) in [5.41, 5.74) is 7.00. The number of anilines is 1. The van der Waals surface area contributed by atoms with E-state index in [1.807, 2.05) is 24.3 Å². The fourth-order valence-corrected chi connectivity index (χ4v) is 3.92. The van der Waals surface area contributed by atoms with Gasteiger partial charge in [-0.1, -0.05) is 24.3 Å². The number of rotatable bonds is 4. The molecule has 27 heavy (non-hydrogen) atoms. The van der Waals surface area contributed by atoms with Crippen molar-refractivity contribution >= 4 is 11.6 Å². The number of benzene rings is 1. The lowest BCUT2D eigenvalue weighted by Crippen LogP contribution is -2.46. The number of fused-ring (bicyclic) bond motifs is 4. The summed E-state index contributed by atoms with van der Waals surface area (Å²) in [5, 5.41) is 16.9. The van der Waals surface area contributed by atoms with E-state index in [2.05, 4.69) is 22.8 Å². The highest BCUT2D eigenvalue weighted by atomic mass is 16.5. The second-order valence-electron chi connectivity index (χ2n) is 6.24. The predicted octanol–water partition coefficient (Wildman–Crippen LogP) is 1.46. The lowest BCUT2D eigenvalue weighted by Gasteiger charge is -2.32. The summed E-state index contributed by atoms with van der Waals surface area (Å²) in [7, 11) is 1.54. The van der Waals surface area contributed by atoms with E-state index in [0.717, 1.165) is 0 Å². The second-order valence-corrected chi connectivity index (χ2v) is 6.24. The summed E-state index contributed by atoms with van der Waals surface area (Å²) < 4.78 is 10.8. The lowest BCUT2D eigenvalue weighted by molar-refractivity contribution is -0.120. The van der Waals surface area contributed by atoms with Crippen LogP contribution in [0.25, 0.3) is 0 Å². The van der Waals surface area contributed by atoms with Gasteiger partial charge in [-0.15, -0.1) is 11.7 Å². The molecule has 8 heteroatoms. The first-order valence-electron chi connectivity index (χ1n) is 8.28. The third-order valence-corrected chi connectivity index (χ3v) is 4.89. The van der Waals surface area contributed by atoms with E-state index in [9.17, 15) is 10.1 Å². The number of methoxy groups -OCH3 is 1. The summed E-state index contributed by atoms with van der Waals surface area (Å²) in [6, 6.07) is 9.41. The van der Waals surface area contributed by atoms with Crippen LogP contribution in [0, 0.1) is 11.3 Å². The molecule has 2 aliphatic rings. The van der Waals surface area contributed by atoms with Crippen LogP contribution in [-0.2, 0) is 21.6 Å². The Hall–Kier alpha value is -3.57. The molecule has 3 heterocycles. The van der Waals surface area contributed by atoms with Crippen LogP contribution in [-0.4, -0.2) is 29.8 Å². The van der Waals surface area contributed by atoms with Crippen molar-refractivity contribution in [2.45, 2.75) is 12.0 Å². The van der Waals surface area contributed by atoms with Crippen molar-refractivity contribution in [3.05, 3.63) is 65.2 Å². The maximum absolute atomic E-state index is 13.8. The minimum absolute atomic E-state index is 0.0396. The van der Waals surface area contributed by atoms with Crippen molar-refractivity contribution in [1.29, 1.82) is 5.26 Å². The maximum Gasteiger partial charge on any atom is 0.248 e. The van der Waals surface area contributed by atoms with Gasteiger partial charge in [0.2, 0.25) is 17.7 Å². The summed E-state index contributed by atoms with van der Waals surface area (Å²) in [5.74, 6) is -0.266. The predicted molar refractivity (Wildman–Crippen MR) is 96.5 cm³/mol. The molecule has 2 aliphatic heterocycles. The number of para-hydroxylation sites is 1. The number of H-pyrrole nitrogens is 1. The lowest BCUT2D eigenvalue weighted by atomic mass is 9.69. The van der Waals surface area contributed by atoms with Gasteiger partial charge in [0.25, 0.3) is 0 Å². The largest absolute Gasteiger partial charge is 0.420 e. The Morgan fingerprint density at radius 2 is 2.30 bits per heavy atom. The van der Waals surface area contributed by atoms with Gasteiger partial charge >= 0.3 is 0 Å². The van der Waals surface area contributed by atoms with E-state index in [4.69, 9.17) is 15.2 Å². The number of carbonyl (C=O) groups is 1. The van der Waals surface area contributed by atoms with Crippen molar-refractivity contribution in [2.75, 3.05) is 18.6 Å². The van der Waals surface area contributed by atoms with Crippen molar-refractivity contribution < 1.29 is 14.3 Å². The van der Waals surface area contributed by atoms with Crippen LogP contribution < -0.4 is 15.4 Å². The molecule has 1 unspecified atom stereocenters. The Bertz CT molecular complexity index is 1030. The molecular weight excluding hydrogens is 346 g/mol. The van der Waals surface area contributed by atoms with Crippen LogP contribution in [0.1, 0.15) is 16.8 Å². The van der Waals surface area contributed by atoms with Crippen LogP contribution in [0.15, 0.2) is 48.4 Å². The minimum atomic E-state index is -1.44. The number of amides is 1. The highest BCUT2D eigenvalue weighted by Gasteiger charge is 2.60. The molecule has 1 aromatic carbocycles. The fourth-order valence-electron chi connectivity index (χ4n) is 3.92. The highest BCUT2D eigenvalue weighted by molar-refractivity contribution is 6.14. The Kier molecular flexibility index (Phi) is 3.75. The number of carbonyl (C=O) groups excluding carboxylic acids is 1. The number of nitriles is 1. The first-order chi connectivity index (χ1) is 13.1. The van der Waals surface area contributed by atoms with Gasteiger partial charge in [0.05, 0.1) is 17.9 Å². The molecular formula is C19H17N5O3. The number of nitrogens with zero attached hydrogens (tertiary/aromatic N) is 3. The second kappa shape index (κ2) is 6.00. The first-order valence-corrected chi connectivity index (χ1v) is 8.28. The third-order valence-electron chi connectivity index (χ3n) is 4.89. The maximum atomic E-state index is 13.8. The monoisotopic (exact) mass is 363 g/mol. The average molecular weight is 363 g/mol. The smallest absolute Gasteiger partial charge is 0.248 e. The molecule has 3 N–H and O–H groups in total. The summed E-state index contributed by atoms with van der Waals surface area (Å²) >= 11 is 0. The van der Waals surface area contributed by atoms with Gasteiger partial charge in [-0.25, -0.2) is 0 Å². The molecule has 0 aliphatic carbocycles. The molecule has 2 aromatic rings. The van der Waals surface area contributed by atoms with E-state index < -0.39 is 5.41 Å². The zero-order chi connectivity index (χ0) is 19.2. The number of hydrogen-bond donors (Lipinski definition) is 2. The molecule has 1 atom stereocenters. The molecule has 0 radical (unpaired) electrons. The van der Waals surface area contributed by atoms with Crippen LogP contribution in [0.4, 0.5) is 5.69 Å². The summed E-state index contributed by atoms with van der Waals surface area (Å²) in [6.45, 7) is 4.21. The summed E-state index contributed by atoms with van der Waals surface area (Å²) in [6.07, 6.45) is 1.64. The quantitative estimate of drug-likeness (QED) is 0.794. The molecule has 0 saturated carbocycles. The van der Waals surface area contributed by atoms with Crippen molar-refractivity contribution in [2.24, 2.45) is 5.73 Å². The Balaban J connectivity index is 2.12. The van der Waals surface area contributed by atoms with E-state index in [0.29, 0.717) is 29.1 Å². The fraction of sp³-hybridized carbons (Fsp3) is 0.211. The number of aromatic amines is 1. The average Bonchev–Trinajstić information content (AvgIpc) is 3.16. The topological polar surface area (TPSA) is 117 Å². The highest BCUT2D eigenvalue weighted by Crippen LogP contribution is 2.55. The van der Waals surface area contributed by atoms with Crippen molar-refractivity contribution in [1.82, 2.24) is 10.2 Å². The van der Waals surface area contributed by atoms with Crippen LogP contribution in [0.3, 0.4) is 0 Å². The number of nitrogens with one attached hydrogen (secondary N) is 1. The minimum Gasteiger partial charge on any atom is -0.420 e. The Labute approximate surface area is 155 Å². The van der Waals surface area contributed by atoms with Gasteiger partial charge in [-0.05, 0) is 6.07 Å². The molecule has 0 saturated heterocycles. The van der Waals surface area contributed by atoms with Gasteiger partial charge in [0.1, 0.15) is 17.1 Å². The molecule has 1 aromatic heterocycles. The SMILES string of the molecule is C=CCN1C(=O)C2(C(C#N)=C(N)Oc3n[nH]c(COC)c32)c2ccccc21. The van der Waals surface area contributed by atoms with E-state index in [1.165, 1.54) is 7.11 Å². The van der Waals surface area contributed by atoms with Gasteiger partial charge < -0.3 is 20.1 Å². The van der Waals surface area contributed by atoms with E-state index in [-0.39, 0.29) is 29.9 Å². The van der Waals surface area contributed by atoms with Crippen molar-refractivity contribution in [3.8, 4) is 11.9 Å². The van der Waals surface area contributed by atoms with Crippen molar-refractivity contribution in [3.63, 3.8) is 0 Å². The Morgan fingerprint density at radius 1 is 1.52 bits per heavy atom. The number of ether oxygens (including phenoxy) is 2. The molecule has 0 fully saturated rings. The van der Waals surface area contributed by atoms with Crippen LogP contribution >= 0.6 is 0 Å². The molecule has 1 spiro atoms. The first kappa shape index (κ1) is 16.9. The number of aromatic nitrogens is 2. The van der Waals surface area contributed by atoms with Gasteiger partial charge in [0, 0.05) is 24.9 Å². The molecule has 136 valence electrons. The zero-order valence-corrected chi connectivity index (χ0v) is 14.7. The standard InChI is InChI=1S/C19H17N5O3/c1-3-8-24-14-7-5-4-6-11(14)19(18(24)25)12(9-20)16(21)27-17-15(19)13(10-26-2)22-23-17/h3-7H,1,8,10,21H2,2H3,(H,22,23). The zero-order valence-electron chi connectivity index (χ0n) is 14.7. The van der Waals surface area contributed by atoms with Crippen LogP contribution in [0.5, 0.6) is 5.88 Å². The van der Waals surface area contributed by atoms with Crippen LogP contribution in [0.2, 0.25) is 0 Å². The Morgan fingerprint density at radius 3 is 3.00 bits per heavy atom.